The van der Waals surface area contributed by atoms with Gasteiger partial charge in [0.15, 0.2) is 0 Å². The van der Waals surface area contributed by atoms with Gasteiger partial charge >= 0.3 is 0 Å². The Bertz CT molecular complexity index is 979. The van der Waals surface area contributed by atoms with Crippen molar-refractivity contribution in [2.24, 2.45) is 0 Å². The smallest absolute Gasteiger partial charge is 0.227 e. The summed E-state index contributed by atoms with van der Waals surface area (Å²) >= 11 is 0. The van der Waals surface area contributed by atoms with Crippen LogP contribution in [0.5, 0.6) is 0 Å². The summed E-state index contributed by atoms with van der Waals surface area (Å²) in [6, 6.07) is 18.0. The minimum absolute atomic E-state index is 0.00239. The van der Waals surface area contributed by atoms with Gasteiger partial charge in [0.05, 0.1) is 5.69 Å². The van der Waals surface area contributed by atoms with E-state index in [1.165, 1.54) is 24.9 Å². The largest absolute Gasteiger partial charge is 0.372 e. The summed E-state index contributed by atoms with van der Waals surface area (Å²) in [6.07, 6.45) is 6.08. The lowest BCUT2D eigenvalue weighted by molar-refractivity contribution is -0.115. The zero-order valence-corrected chi connectivity index (χ0v) is 17.3. The SMILES string of the molecule is CCC(=O)Nc1ccc(-c2ccnc(Nc3ccc(N4CCCCC4)cc3)n2)cc1. The number of nitrogens with zero attached hydrogens (tertiary/aromatic N) is 3. The van der Waals surface area contributed by atoms with E-state index in [1.54, 1.807) is 6.20 Å². The monoisotopic (exact) mass is 401 g/mol. The highest BCUT2D eigenvalue weighted by Gasteiger charge is 2.11. The van der Waals surface area contributed by atoms with Crippen molar-refractivity contribution < 1.29 is 4.79 Å². The molecule has 1 amide bonds. The maximum atomic E-state index is 11.5. The fraction of sp³-hybridized carbons (Fsp3) is 0.292. The minimum Gasteiger partial charge on any atom is -0.372 e. The molecule has 0 radical (unpaired) electrons. The van der Waals surface area contributed by atoms with Gasteiger partial charge in [-0.05, 0) is 61.7 Å². The topological polar surface area (TPSA) is 70.2 Å². The number of hydrogen-bond acceptors (Lipinski definition) is 5. The second-order valence-corrected chi connectivity index (χ2v) is 7.46. The number of rotatable bonds is 6. The van der Waals surface area contributed by atoms with Crippen LogP contribution in [0.15, 0.2) is 60.8 Å². The molecule has 6 heteroatoms. The summed E-state index contributed by atoms with van der Waals surface area (Å²) in [5.74, 6) is 0.559. The highest BCUT2D eigenvalue weighted by atomic mass is 16.1. The number of nitrogens with one attached hydrogen (secondary N) is 2. The maximum Gasteiger partial charge on any atom is 0.227 e. The number of anilines is 4. The standard InChI is InChI=1S/C24H27N5O/c1-2-23(30)26-19-8-6-18(7-9-19)22-14-15-25-24(28-22)27-20-10-12-21(13-11-20)29-16-4-3-5-17-29/h6-15H,2-5,16-17H2,1H3,(H,26,30)(H,25,27,28). The number of amides is 1. The molecule has 0 atom stereocenters. The molecule has 0 spiro atoms. The quantitative estimate of drug-likeness (QED) is 0.592. The molecule has 2 aromatic carbocycles. The average Bonchev–Trinajstić information content (AvgIpc) is 2.81. The molecule has 154 valence electrons. The van der Waals surface area contributed by atoms with Crippen LogP contribution in [-0.2, 0) is 4.79 Å². The van der Waals surface area contributed by atoms with Crippen LogP contribution in [0.2, 0.25) is 0 Å². The molecule has 3 aromatic rings. The minimum atomic E-state index is 0.00239. The van der Waals surface area contributed by atoms with E-state index in [1.807, 2.05) is 37.3 Å². The van der Waals surface area contributed by atoms with Gasteiger partial charge in [0.2, 0.25) is 11.9 Å². The van der Waals surface area contributed by atoms with Gasteiger partial charge in [0.25, 0.3) is 0 Å². The van der Waals surface area contributed by atoms with Crippen molar-refractivity contribution in [1.82, 2.24) is 9.97 Å². The van der Waals surface area contributed by atoms with E-state index >= 15 is 0 Å². The molecule has 2 N–H and O–H groups in total. The summed E-state index contributed by atoms with van der Waals surface area (Å²) in [6.45, 7) is 4.11. The molecule has 30 heavy (non-hydrogen) atoms. The lowest BCUT2D eigenvalue weighted by Gasteiger charge is -2.28. The molecular formula is C24H27N5O. The Hall–Kier alpha value is -3.41. The number of carbonyl (C=O) groups is 1. The molecule has 2 heterocycles. The van der Waals surface area contributed by atoms with E-state index in [4.69, 9.17) is 0 Å². The zero-order chi connectivity index (χ0) is 20.8. The van der Waals surface area contributed by atoms with Crippen LogP contribution >= 0.6 is 0 Å². The van der Waals surface area contributed by atoms with Crippen molar-refractivity contribution in [3.63, 3.8) is 0 Å². The Morgan fingerprint density at radius 3 is 2.33 bits per heavy atom. The summed E-state index contributed by atoms with van der Waals surface area (Å²) < 4.78 is 0. The van der Waals surface area contributed by atoms with Gasteiger partial charge in [-0.2, -0.15) is 0 Å². The van der Waals surface area contributed by atoms with Crippen LogP contribution in [0.3, 0.4) is 0 Å². The molecule has 6 nitrogen and oxygen atoms in total. The molecule has 1 aliphatic rings. The number of carbonyl (C=O) groups excluding carboxylic acids is 1. The van der Waals surface area contributed by atoms with Crippen molar-refractivity contribution >= 4 is 28.9 Å². The Labute approximate surface area is 177 Å². The molecular weight excluding hydrogens is 374 g/mol. The van der Waals surface area contributed by atoms with E-state index in [0.717, 1.165) is 35.7 Å². The third kappa shape index (κ3) is 4.95. The number of hydrogen-bond donors (Lipinski definition) is 2. The lowest BCUT2D eigenvalue weighted by atomic mass is 10.1. The fourth-order valence-corrected chi connectivity index (χ4v) is 3.59. The summed E-state index contributed by atoms with van der Waals surface area (Å²) in [5, 5.41) is 6.15. The first-order valence-electron chi connectivity index (χ1n) is 10.6. The van der Waals surface area contributed by atoms with E-state index in [0.29, 0.717) is 12.4 Å². The van der Waals surface area contributed by atoms with E-state index in [9.17, 15) is 4.79 Å². The van der Waals surface area contributed by atoms with E-state index < -0.39 is 0 Å². The Kier molecular flexibility index (Phi) is 6.23. The van der Waals surface area contributed by atoms with Crippen LogP contribution in [0.4, 0.5) is 23.0 Å². The molecule has 0 bridgehead atoms. The van der Waals surface area contributed by atoms with Gasteiger partial charge < -0.3 is 15.5 Å². The summed E-state index contributed by atoms with van der Waals surface area (Å²) in [5.41, 5.74) is 4.81. The summed E-state index contributed by atoms with van der Waals surface area (Å²) in [4.78, 5) is 23.0. The van der Waals surface area contributed by atoms with Gasteiger partial charge in [-0.25, -0.2) is 9.97 Å². The van der Waals surface area contributed by atoms with E-state index in [2.05, 4.69) is 49.8 Å². The normalized spacial score (nSPS) is 13.7. The molecule has 0 saturated carbocycles. The second-order valence-electron chi connectivity index (χ2n) is 7.46. The maximum absolute atomic E-state index is 11.5. The third-order valence-electron chi connectivity index (χ3n) is 5.29. The van der Waals surface area contributed by atoms with Gasteiger partial charge in [-0.1, -0.05) is 19.1 Å². The Balaban J connectivity index is 1.43. The van der Waals surface area contributed by atoms with Gasteiger partial charge in [0.1, 0.15) is 0 Å². The van der Waals surface area contributed by atoms with Crippen molar-refractivity contribution in [3.05, 3.63) is 60.8 Å². The number of aromatic nitrogens is 2. The first-order chi connectivity index (χ1) is 14.7. The van der Waals surface area contributed by atoms with Gasteiger partial charge in [0, 0.05) is 48.3 Å². The van der Waals surface area contributed by atoms with Crippen LogP contribution in [0.1, 0.15) is 32.6 Å². The predicted molar refractivity (Wildman–Crippen MR) is 122 cm³/mol. The molecule has 0 aliphatic carbocycles. The van der Waals surface area contributed by atoms with Crippen molar-refractivity contribution in [2.75, 3.05) is 28.6 Å². The number of piperidine rings is 1. The van der Waals surface area contributed by atoms with Gasteiger partial charge in [-0.15, -0.1) is 0 Å². The zero-order valence-electron chi connectivity index (χ0n) is 17.3. The fourth-order valence-electron chi connectivity index (χ4n) is 3.59. The van der Waals surface area contributed by atoms with Crippen LogP contribution in [-0.4, -0.2) is 29.0 Å². The van der Waals surface area contributed by atoms with Crippen LogP contribution < -0.4 is 15.5 Å². The van der Waals surface area contributed by atoms with E-state index in [-0.39, 0.29) is 5.91 Å². The molecule has 1 saturated heterocycles. The third-order valence-corrected chi connectivity index (χ3v) is 5.29. The predicted octanol–water partition coefficient (Wildman–Crippen LogP) is 5.23. The average molecular weight is 402 g/mol. The molecule has 1 fully saturated rings. The van der Waals surface area contributed by atoms with Crippen molar-refractivity contribution in [3.8, 4) is 11.3 Å². The molecule has 4 rings (SSSR count). The van der Waals surface area contributed by atoms with Crippen molar-refractivity contribution in [2.45, 2.75) is 32.6 Å². The number of benzene rings is 2. The first kappa shape index (κ1) is 19.9. The first-order valence-corrected chi connectivity index (χ1v) is 10.6. The second kappa shape index (κ2) is 9.39. The lowest BCUT2D eigenvalue weighted by Crippen LogP contribution is -2.29. The highest BCUT2D eigenvalue weighted by Crippen LogP contribution is 2.24. The summed E-state index contributed by atoms with van der Waals surface area (Å²) in [7, 11) is 0. The Morgan fingerprint density at radius 1 is 0.933 bits per heavy atom. The highest BCUT2D eigenvalue weighted by molar-refractivity contribution is 5.90. The van der Waals surface area contributed by atoms with Crippen molar-refractivity contribution in [1.29, 1.82) is 0 Å². The molecule has 1 aromatic heterocycles. The molecule has 1 aliphatic heterocycles. The van der Waals surface area contributed by atoms with Crippen LogP contribution in [0.25, 0.3) is 11.3 Å². The van der Waals surface area contributed by atoms with Crippen LogP contribution in [0, 0.1) is 0 Å². The Morgan fingerprint density at radius 2 is 1.63 bits per heavy atom. The van der Waals surface area contributed by atoms with Gasteiger partial charge in [-0.3, -0.25) is 4.79 Å². The molecule has 0 unspecified atom stereocenters.